The second kappa shape index (κ2) is 7.37. The summed E-state index contributed by atoms with van der Waals surface area (Å²) in [6, 6.07) is 0. The molecule has 8 heavy (non-hydrogen) atoms. The van der Waals surface area contributed by atoms with Gasteiger partial charge >= 0.3 is 0 Å². The fraction of sp³-hybridized carbons (Fsp3) is 0.800. The van der Waals surface area contributed by atoms with Gasteiger partial charge in [-0.05, 0) is 0 Å². The van der Waals surface area contributed by atoms with Crippen LogP contribution in [-0.2, 0) is 4.79 Å². The van der Waals surface area contributed by atoms with Crippen LogP contribution in [0.25, 0.3) is 0 Å². The van der Waals surface area contributed by atoms with Crippen molar-refractivity contribution in [1.82, 2.24) is 0 Å². The largest absolute Gasteiger partial charge is 0.303 e. The molecule has 3 heteroatoms. The molecule has 0 aromatic carbocycles. The highest BCUT2D eigenvalue weighted by Gasteiger charge is 1.83. The molecule has 0 saturated heterocycles. The normalized spacial score (nSPS) is 9.12. The Labute approximate surface area is 58.0 Å². The van der Waals surface area contributed by atoms with Crippen molar-refractivity contribution in [2.75, 3.05) is 11.5 Å². The summed E-state index contributed by atoms with van der Waals surface area (Å²) in [6.07, 6.45) is 1.65. The van der Waals surface area contributed by atoms with Crippen LogP contribution < -0.4 is 0 Å². The minimum absolute atomic E-state index is 0.692. The van der Waals surface area contributed by atoms with Gasteiger partial charge in [0.15, 0.2) is 0 Å². The minimum atomic E-state index is 0.692. The molecule has 0 spiro atoms. The van der Waals surface area contributed by atoms with Crippen LogP contribution in [0.3, 0.4) is 0 Å². The van der Waals surface area contributed by atoms with Crippen molar-refractivity contribution in [1.29, 1.82) is 0 Å². The number of carbonyl (C=O) groups is 1. The van der Waals surface area contributed by atoms with Crippen LogP contribution in [0, 0.1) is 0 Å². The third kappa shape index (κ3) is 6.37. The van der Waals surface area contributed by atoms with Gasteiger partial charge in [0.25, 0.3) is 0 Å². The maximum absolute atomic E-state index is 9.75. The molecule has 0 rings (SSSR count). The predicted molar refractivity (Wildman–Crippen MR) is 41.3 cm³/mol. The van der Waals surface area contributed by atoms with E-state index >= 15 is 0 Å². The number of aldehydes is 1. The third-order valence-corrected chi connectivity index (χ3v) is 3.03. The lowest BCUT2D eigenvalue weighted by molar-refractivity contribution is -0.107. The summed E-state index contributed by atoms with van der Waals surface area (Å²) < 4.78 is 0. The Hall–Kier alpha value is 0.370. The SMILES string of the molecule is CCSSCCC=O. The zero-order valence-corrected chi connectivity index (χ0v) is 6.56. The number of carbonyl (C=O) groups excluding carboxylic acids is 1. The zero-order valence-electron chi connectivity index (χ0n) is 4.92. The van der Waals surface area contributed by atoms with Gasteiger partial charge in [0, 0.05) is 17.9 Å². The molecule has 0 aliphatic rings. The van der Waals surface area contributed by atoms with E-state index in [1.165, 1.54) is 0 Å². The molecule has 0 unspecified atom stereocenters. The second-order valence-corrected chi connectivity index (χ2v) is 4.06. The quantitative estimate of drug-likeness (QED) is 0.339. The highest BCUT2D eigenvalue weighted by atomic mass is 33.1. The Balaban J connectivity index is 2.62. The van der Waals surface area contributed by atoms with Crippen molar-refractivity contribution in [3.63, 3.8) is 0 Å². The fourth-order valence-electron chi connectivity index (χ4n) is 0.238. The summed E-state index contributed by atoms with van der Waals surface area (Å²) in [5.41, 5.74) is 0. The topological polar surface area (TPSA) is 17.1 Å². The van der Waals surface area contributed by atoms with Crippen molar-refractivity contribution in [2.24, 2.45) is 0 Å². The Bertz CT molecular complexity index is 56.4. The molecule has 0 aromatic heterocycles. The maximum atomic E-state index is 9.75. The van der Waals surface area contributed by atoms with E-state index in [9.17, 15) is 4.79 Å². The van der Waals surface area contributed by atoms with Gasteiger partial charge in [-0.25, -0.2) is 0 Å². The molecule has 0 atom stereocenters. The third-order valence-electron chi connectivity index (χ3n) is 0.520. The Morgan fingerprint density at radius 1 is 1.50 bits per heavy atom. The average Bonchev–Trinajstić information content (AvgIpc) is 1.81. The Morgan fingerprint density at radius 3 is 2.75 bits per heavy atom. The first kappa shape index (κ1) is 8.37. The van der Waals surface area contributed by atoms with Gasteiger partial charge in [-0.15, -0.1) is 0 Å². The van der Waals surface area contributed by atoms with Crippen LogP contribution >= 0.6 is 21.6 Å². The summed E-state index contributed by atoms with van der Waals surface area (Å²) in [4.78, 5) is 9.75. The van der Waals surface area contributed by atoms with Gasteiger partial charge in [-0.1, -0.05) is 28.5 Å². The maximum Gasteiger partial charge on any atom is 0.120 e. The van der Waals surface area contributed by atoms with Gasteiger partial charge in [-0.2, -0.15) is 0 Å². The standard InChI is InChI=1S/C5H10OS2/c1-2-7-8-5-3-4-6/h4H,2-3,5H2,1H3. The summed E-state index contributed by atoms with van der Waals surface area (Å²) in [5.74, 6) is 2.09. The van der Waals surface area contributed by atoms with Crippen molar-refractivity contribution in [2.45, 2.75) is 13.3 Å². The first-order chi connectivity index (χ1) is 3.91. The second-order valence-electron chi connectivity index (χ2n) is 1.18. The molecule has 1 nitrogen and oxygen atoms in total. The molecule has 0 saturated carbocycles. The predicted octanol–water partition coefficient (Wildman–Crippen LogP) is 1.98. The van der Waals surface area contributed by atoms with E-state index in [2.05, 4.69) is 6.92 Å². The van der Waals surface area contributed by atoms with Gasteiger partial charge in [0.1, 0.15) is 6.29 Å². The lowest BCUT2D eigenvalue weighted by Crippen LogP contribution is -1.75. The number of hydrogen-bond acceptors (Lipinski definition) is 3. The average molecular weight is 150 g/mol. The van der Waals surface area contributed by atoms with Gasteiger partial charge in [-0.3, -0.25) is 0 Å². The monoisotopic (exact) mass is 150 g/mol. The minimum Gasteiger partial charge on any atom is -0.303 e. The van der Waals surface area contributed by atoms with E-state index in [0.717, 1.165) is 17.8 Å². The van der Waals surface area contributed by atoms with Crippen molar-refractivity contribution in [3.8, 4) is 0 Å². The first-order valence-corrected chi connectivity index (χ1v) is 5.08. The molecule has 0 aromatic rings. The van der Waals surface area contributed by atoms with Crippen LogP contribution in [0.1, 0.15) is 13.3 Å². The Morgan fingerprint density at radius 2 is 2.25 bits per heavy atom. The zero-order chi connectivity index (χ0) is 6.24. The van der Waals surface area contributed by atoms with E-state index in [1.54, 1.807) is 21.6 Å². The molecular formula is C5H10OS2. The number of rotatable bonds is 5. The smallest absolute Gasteiger partial charge is 0.120 e. The highest BCUT2D eigenvalue weighted by molar-refractivity contribution is 8.76. The van der Waals surface area contributed by atoms with Crippen LogP contribution in [0.15, 0.2) is 0 Å². The van der Waals surface area contributed by atoms with Crippen LogP contribution in [0.5, 0.6) is 0 Å². The first-order valence-electron chi connectivity index (χ1n) is 2.60. The lowest BCUT2D eigenvalue weighted by atomic mass is 10.6. The molecule has 0 fully saturated rings. The van der Waals surface area contributed by atoms with Crippen LogP contribution in [0.2, 0.25) is 0 Å². The van der Waals surface area contributed by atoms with Gasteiger partial charge in [0.05, 0.1) is 0 Å². The van der Waals surface area contributed by atoms with Gasteiger partial charge < -0.3 is 4.79 Å². The molecule has 0 aliphatic heterocycles. The van der Waals surface area contributed by atoms with Crippen molar-refractivity contribution < 1.29 is 4.79 Å². The van der Waals surface area contributed by atoms with Crippen molar-refractivity contribution >= 4 is 27.9 Å². The molecule has 0 bridgehead atoms. The summed E-state index contributed by atoms with van der Waals surface area (Å²) in [7, 11) is 3.57. The van der Waals surface area contributed by atoms with Gasteiger partial charge in [0.2, 0.25) is 0 Å². The molecule has 0 N–H and O–H groups in total. The van der Waals surface area contributed by atoms with Crippen LogP contribution in [-0.4, -0.2) is 17.8 Å². The number of hydrogen-bond donors (Lipinski definition) is 0. The van der Waals surface area contributed by atoms with Crippen molar-refractivity contribution in [3.05, 3.63) is 0 Å². The van der Waals surface area contributed by atoms with E-state index in [-0.39, 0.29) is 0 Å². The highest BCUT2D eigenvalue weighted by Crippen LogP contribution is 2.20. The summed E-state index contributed by atoms with van der Waals surface area (Å²) in [5, 5.41) is 0. The molecule has 0 heterocycles. The molecular weight excluding hydrogens is 140 g/mol. The van der Waals surface area contributed by atoms with E-state index in [1.807, 2.05) is 0 Å². The lowest BCUT2D eigenvalue weighted by Gasteiger charge is -1.90. The van der Waals surface area contributed by atoms with E-state index in [4.69, 9.17) is 0 Å². The molecule has 48 valence electrons. The summed E-state index contributed by atoms with van der Waals surface area (Å²) in [6.45, 7) is 2.11. The van der Waals surface area contributed by atoms with E-state index in [0.29, 0.717) is 6.42 Å². The molecule has 0 aliphatic carbocycles. The molecule has 0 radical (unpaired) electrons. The van der Waals surface area contributed by atoms with E-state index < -0.39 is 0 Å². The fourth-order valence-corrected chi connectivity index (χ4v) is 1.86. The molecule has 0 amide bonds. The Kier molecular flexibility index (Phi) is 7.71. The summed E-state index contributed by atoms with van der Waals surface area (Å²) >= 11 is 0. The van der Waals surface area contributed by atoms with Crippen LogP contribution in [0.4, 0.5) is 0 Å².